The summed E-state index contributed by atoms with van der Waals surface area (Å²) in [6.07, 6.45) is 3.59. The third-order valence-corrected chi connectivity index (χ3v) is 3.44. The molecule has 2 aliphatic rings. The minimum atomic E-state index is -0.232. The lowest BCUT2D eigenvalue weighted by Crippen LogP contribution is -2.24. The first-order valence-electron chi connectivity index (χ1n) is 5.86. The van der Waals surface area contributed by atoms with Crippen LogP contribution < -0.4 is 4.90 Å². The van der Waals surface area contributed by atoms with Crippen LogP contribution in [0.2, 0.25) is 0 Å². The molecule has 3 heterocycles. The maximum atomic E-state index is 14.1. The first-order chi connectivity index (χ1) is 8.81. The molecule has 0 radical (unpaired) electrons. The van der Waals surface area contributed by atoms with Gasteiger partial charge in [0.15, 0.2) is 0 Å². The molecule has 92 valence electrons. The smallest absolute Gasteiger partial charge is 0.148 e. The van der Waals surface area contributed by atoms with Gasteiger partial charge in [0.05, 0.1) is 11.4 Å². The van der Waals surface area contributed by atoms with E-state index in [2.05, 4.69) is 10.1 Å². The number of epoxide rings is 1. The SMILES string of the molecule is Fc1cc(-n2cncn2)ccc1N1CC2O[C@H]2C1. The Labute approximate surface area is 103 Å². The quantitative estimate of drug-likeness (QED) is 0.741. The largest absolute Gasteiger partial charge is 0.366 e. The Bertz CT molecular complexity index is 576. The molecule has 2 aliphatic heterocycles. The van der Waals surface area contributed by atoms with Crippen molar-refractivity contribution in [3.05, 3.63) is 36.7 Å². The normalized spacial score (nSPS) is 25.3. The number of ether oxygens (including phenoxy) is 1. The number of benzene rings is 1. The lowest BCUT2D eigenvalue weighted by atomic mass is 10.2. The van der Waals surface area contributed by atoms with Gasteiger partial charge in [-0.1, -0.05) is 0 Å². The zero-order valence-corrected chi connectivity index (χ0v) is 9.53. The molecule has 5 nitrogen and oxygen atoms in total. The molecule has 4 rings (SSSR count). The van der Waals surface area contributed by atoms with Gasteiger partial charge in [-0.25, -0.2) is 14.1 Å². The maximum absolute atomic E-state index is 14.1. The molecule has 6 heteroatoms. The topological polar surface area (TPSA) is 46.5 Å². The van der Waals surface area contributed by atoms with E-state index in [1.165, 1.54) is 17.1 Å². The summed E-state index contributed by atoms with van der Waals surface area (Å²) in [6.45, 7) is 1.56. The van der Waals surface area contributed by atoms with Gasteiger partial charge in [-0.15, -0.1) is 0 Å². The second-order valence-electron chi connectivity index (χ2n) is 4.59. The van der Waals surface area contributed by atoms with Gasteiger partial charge in [-0.05, 0) is 12.1 Å². The van der Waals surface area contributed by atoms with Crippen LogP contribution in [0.25, 0.3) is 5.69 Å². The van der Waals surface area contributed by atoms with Crippen LogP contribution in [0.1, 0.15) is 0 Å². The van der Waals surface area contributed by atoms with E-state index in [1.54, 1.807) is 12.4 Å². The van der Waals surface area contributed by atoms with E-state index in [-0.39, 0.29) is 5.82 Å². The third kappa shape index (κ3) is 1.49. The van der Waals surface area contributed by atoms with E-state index in [1.807, 2.05) is 11.0 Å². The summed E-state index contributed by atoms with van der Waals surface area (Å²) in [7, 11) is 0. The first-order valence-corrected chi connectivity index (χ1v) is 5.86. The Morgan fingerprint density at radius 1 is 1.28 bits per heavy atom. The van der Waals surface area contributed by atoms with Crippen LogP contribution in [0.3, 0.4) is 0 Å². The minimum Gasteiger partial charge on any atom is -0.366 e. The molecular weight excluding hydrogens is 235 g/mol. The van der Waals surface area contributed by atoms with Gasteiger partial charge in [0.25, 0.3) is 0 Å². The van der Waals surface area contributed by atoms with Crippen molar-refractivity contribution >= 4 is 5.69 Å². The van der Waals surface area contributed by atoms with E-state index in [0.29, 0.717) is 23.6 Å². The molecule has 0 bridgehead atoms. The summed E-state index contributed by atoms with van der Waals surface area (Å²) in [5.41, 5.74) is 1.31. The van der Waals surface area contributed by atoms with Crippen molar-refractivity contribution in [2.24, 2.45) is 0 Å². The summed E-state index contributed by atoms with van der Waals surface area (Å²) >= 11 is 0. The van der Waals surface area contributed by atoms with Crippen molar-refractivity contribution in [3.8, 4) is 5.69 Å². The zero-order valence-electron chi connectivity index (χ0n) is 9.53. The van der Waals surface area contributed by atoms with Crippen molar-refractivity contribution in [1.29, 1.82) is 0 Å². The van der Waals surface area contributed by atoms with Crippen molar-refractivity contribution < 1.29 is 9.13 Å². The van der Waals surface area contributed by atoms with Crippen LogP contribution in [0, 0.1) is 5.82 Å². The van der Waals surface area contributed by atoms with E-state index >= 15 is 0 Å². The van der Waals surface area contributed by atoms with E-state index in [0.717, 1.165) is 13.1 Å². The lowest BCUT2D eigenvalue weighted by molar-refractivity contribution is 0.346. The molecular formula is C12H11FN4O. The molecule has 0 spiro atoms. The summed E-state index contributed by atoms with van der Waals surface area (Å²) in [4.78, 5) is 5.87. The van der Waals surface area contributed by atoms with Crippen molar-refractivity contribution in [2.45, 2.75) is 12.2 Å². The van der Waals surface area contributed by atoms with Crippen LogP contribution >= 0.6 is 0 Å². The van der Waals surface area contributed by atoms with Crippen LogP contribution in [-0.2, 0) is 4.74 Å². The number of hydrogen-bond donors (Lipinski definition) is 0. The molecule has 0 saturated carbocycles. The number of morpholine rings is 1. The van der Waals surface area contributed by atoms with Crippen molar-refractivity contribution in [2.75, 3.05) is 18.0 Å². The molecule has 1 aromatic carbocycles. The van der Waals surface area contributed by atoms with Gasteiger partial charge < -0.3 is 9.64 Å². The number of aromatic nitrogens is 3. The Morgan fingerprint density at radius 3 is 2.78 bits per heavy atom. The summed E-state index contributed by atoms with van der Waals surface area (Å²) in [5, 5.41) is 3.98. The van der Waals surface area contributed by atoms with Gasteiger partial charge in [0, 0.05) is 19.2 Å². The number of rotatable bonds is 2. The summed E-state index contributed by atoms with van der Waals surface area (Å²) in [6, 6.07) is 5.11. The number of hydrogen-bond acceptors (Lipinski definition) is 4. The number of fused-ring (bicyclic) bond motifs is 1. The fourth-order valence-electron chi connectivity index (χ4n) is 2.44. The second kappa shape index (κ2) is 3.52. The fraction of sp³-hybridized carbons (Fsp3) is 0.333. The molecule has 2 fully saturated rings. The van der Waals surface area contributed by atoms with Gasteiger partial charge in [0.2, 0.25) is 0 Å². The molecule has 1 aromatic heterocycles. The highest BCUT2D eigenvalue weighted by atomic mass is 19.1. The van der Waals surface area contributed by atoms with Gasteiger partial charge in [0.1, 0.15) is 30.7 Å². The van der Waals surface area contributed by atoms with E-state index in [9.17, 15) is 4.39 Å². The molecule has 0 N–H and O–H groups in total. The predicted octanol–water partition coefficient (Wildman–Crippen LogP) is 0.994. The number of nitrogens with zero attached hydrogens (tertiary/aromatic N) is 4. The summed E-state index contributed by atoms with van der Waals surface area (Å²) in [5.74, 6) is -0.232. The van der Waals surface area contributed by atoms with Crippen LogP contribution in [0.15, 0.2) is 30.9 Å². The predicted molar refractivity (Wildman–Crippen MR) is 62.2 cm³/mol. The highest BCUT2D eigenvalue weighted by Gasteiger charge is 2.47. The number of halogens is 1. The van der Waals surface area contributed by atoms with Gasteiger partial charge in [-0.2, -0.15) is 5.10 Å². The van der Waals surface area contributed by atoms with Crippen LogP contribution in [-0.4, -0.2) is 40.1 Å². The Balaban J connectivity index is 1.65. The standard InChI is InChI=1S/C12H11FN4O/c13-9-3-8(17-7-14-6-15-17)1-2-10(9)16-4-11-12(5-16)18-11/h1-3,6-7,11-12H,4-5H2/t11-,12?/m0/s1. The molecule has 2 atom stereocenters. The lowest BCUT2D eigenvalue weighted by Gasteiger charge is -2.20. The average Bonchev–Trinajstić information content (AvgIpc) is 2.85. The van der Waals surface area contributed by atoms with Crippen LogP contribution in [0.4, 0.5) is 10.1 Å². The average molecular weight is 246 g/mol. The first kappa shape index (κ1) is 10.0. The molecule has 0 aliphatic carbocycles. The third-order valence-electron chi connectivity index (χ3n) is 3.44. The Kier molecular flexibility index (Phi) is 1.96. The zero-order chi connectivity index (χ0) is 12.1. The Morgan fingerprint density at radius 2 is 2.11 bits per heavy atom. The molecule has 0 amide bonds. The molecule has 2 aromatic rings. The summed E-state index contributed by atoms with van der Waals surface area (Å²) < 4.78 is 21.0. The second-order valence-corrected chi connectivity index (χ2v) is 4.59. The highest BCUT2D eigenvalue weighted by Crippen LogP contribution is 2.35. The van der Waals surface area contributed by atoms with E-state index in [4.69, 9.17) is 4.74 Å². The van der Waals surface area contributed by atoms with E-state index < -0.39 is 0 Å². The van der Waals surface area contributed by atoms with Gasteiger partial charge >= 0.3 is 0 Å². The monoisotopic (exact) mass is 246 g/mol. The molecule has 2 saturated heterocycles. The Hall–Kier alpha value is -1.95. The van der Waals surface area contributed by atoms with Gasteiger partial charge in [-0.3, -0.25) is 0 Å². The molecule has 1 unspecified atom stereocenters. The fourth-order valence-corrected chi connectivity index (χ4v) is 2.44. The maximum Gasteiger partial charge on any atom is 0.148 e. The van der Waals surface area contributed by atoms with Crippen molar-refractivity contribution in [3.63, 3.8) is 0 Å². The van der Waals surface area contributed by atoms with Crippen molar-refractivity contribution in [1.82, 2.24) is 14.8 Å². The minimum absolute atomic E-state index is 0.232. The number of anilines is 1. The highest BCUT2D eigenvalue weighted by molar-refractivity contribution is 5.54. The van der Waals surface area contributed by atoms with Crippen LogP contribution in [0.5, 0.6) is 0 Å². The molecule has 18 heavy (non-hydrogen) atoms.